The number of carbonyl (C=O) groups excluding carboxylic acids is 2. The Labute approximate surface area is 140 Å². The van der Waals surface area contributed by atoms with Gasteiger partial charge in [0.1, 0.15) is 0 Å². The fourth-order valence-corrected chi connectivity index (χ4v) is 2.36. The molecule has 0 aliphatic rings. The van der Waals surface area contributed by atoms with Gasteiger partial charge in [0.25, 0.3) is 5.91 Å². The molecule has 0 saturated heterocycles. The van der Waals surface area contributed by atoms with Gasteiger partial charge >= 0.3 is 0 Å². The summed E-state index contributed by atoms with van der Waals surface area (Å²) >= 11 is 5.98. The highest BCUT2D eigenvalue weighted by Crippen LogP contribution is 2.22. The molecule has 2 rings (SSSR count). The molecule has 1 unspecified atom stereocenters. The number of nitrogens with zero attached hydrogens (tertiary/aromatic N) is 1. The zero-order valence-electron chi connectivity index (χ0n) is 13.1. The first kappa shape index (κ1) is 17.1. The monoisotopic (exact) mass is 334 g/mol. The molecule has 0 fully saturated rings. The second-order valence-corrected chi connectivity index (χ2v) is 5.66. The second kappa shape index (κ2) is 7.83. The lowest BCUT2D eigenvalue weighted by Gasteiger charge is -2.25. The van der Waals surface area contributed by atoms with Gasteiger partial charge in [0, 0.05) is 25.0 Å². The molecule has 0 bridgehead atoms. The van der Waals surface area contributed by atoms with Crippen LogP contribution in [-0.2, 0) is 4.79 Å². The highest BCUT2D eigenvalue weighted by atomic mass is 35.5. The van der Waals surface area contributed by atoms with Crippen molar-refractivity contribution >= 4 is 23.4 Å². The van der Waals surface area contributed by atoms with E-state index in [4.69, 9.17) is 16.0 Å². The van der Waals surface area contributed by atoms with Crippen LogP contribution in [0.15, 0.2) is 47.1 Å². The molecule has 1 aromatic carbocycles. The van der Waals surface area contributed by atoms with E-state index in [0.29, 0.717) is 5.02 Å². The maximum Gasteiger partial charge on any atom is 0.286 e. The Bertz CT molecular complexity index is 670. The maximum absolute atomic E-state index is 12.2. The predicted molar refractivity (Wildman–Crippen MR) is 88.3 cm³/mol. The fourth-order valence-electron chi connectivity index (χ4n) is 2.16. The number of hydrogen-bond acceptors (Lipinski definition) is 3. The molecule has 0 radical (unpaired) electrons. The quantitative estimate of drug-likeness (QED) is 0.881. The van der Waals surface area contributed by atoms with Crippen LogP contribution < -0.4 is 5.32 Å². The minimum Gasteiger partial charge on any atom is -0.459 e. The molecule has 1 atom stereocenters. The highest BCUT2D eigenvalue weighted by Gasteiger charge is 2.18. The van der Waals surface area contributed by atoms with Crippen molar-refractivity contribution in [2.24, 2.45) is 0 Å². The van der Waals surface area contributed by atoms with E-state index in [1.807, 2.05) is 25.1 Å². The lowest BCUT2D eigenvalue weighted by atomic mass is 10.1. The van der Waals surface area contributed by atoms with Crippen molar-refractivity contribution in [1.29, 1.82) is 0 Å². The maximum atomic E-state index is 12.2. The van der Waals surface area contributed by atoms with Crippen molar-refractivity contribution < 1.29 is 14.0 Å². The number of rotatable bonds is 6. The molecule has 1 heterocycles. The first-order valence-electron chi connectivity index (χ1n) is 7.32. The highest BCUT2D eigenvalue weighted by molar-refractivity contribution is 6.30. The summed E-state index contributed by atoms with van der Waals surface area (Å²) in [4.78, 5) is 25.6. The van der Waals surface area contributed by atoms with E-state index in [-0.39, 0.29) is 36.6 Å². The van der Waals surface area contributed by atoms with Crippen LogP contribution in [0.1, 0.15) is 35.5 Å². The van der Waals surface area contributed by atoms with Gasteiger partial charge in [-0.25, -0.2) is 0 Å². The van der Waals surface area contributed by atoms with Crippen LogP contribution in [0.25, 0.3) is 0 Å². The van der Waals surface area contributed by atoms with E-state index in [0.717, 1.165) is 5.56 Å². The molecule has 0 saturated carbocycles. The van der Waals surface area contributed by atoms with E-state index in [2.05, 4.69) is 5.32 Å². The fraction of sp³-hybridized carbons (Fsp3) is 0.294. The lowest BCUT2D eigenvalue weighted by molar-refractivity contribution is -0.131. The number of hydrogen-bond donors (Lipinski definition) is 1. The number of amides is 2. The summed E-state index contributed by atoms with van der Waals surface area (Å²) in [6.45, 7) is 2.19. The van der Waals surface area contributed by atoms with Crippen molar-refractivity contribution in [2.45, 2.75) is 19.4 Å². The van der Waals surface area contributed by atoms with E-state index in [1.54, 1.807) is 30.1 Å². The van der Waals surface area contributed by atoms with Crippen molar-refractivity contribution in [1.82, 2.24) is 10.2 Å². The Morgan fingerprint density at radius 2 is 2.09 bits per heavy atom. The number of furan rings is 1. The summed E-state index contributed by atoms with van der Waals surface area (Å²) in [7, 11) is 1.74. The first-order valence-corrected chi connectivity index (χ1v) is 7.69. The van der Waals surface area contributed by atoms with E-state index < -0.39 is 0 Å². The van der Waals surface area contributed by atoms with Gasteiger partial charge in [-0.05, 0) is 36.8 Å². The summed E-state index contributed by atoms with van der Waals surface area (Å²) in [5, 5.41) is 3.30. The molecule has 6 heteroatoms. The molecule has 2 amide bonds. The van der Waals surface area contributed by atoms with Gasteiger partial charge in [0.2, 0.25) is 5.91 Å². The topological polar surface area (TPSA) is 62.6 Å². The molecule has 1 aromatic heterocycles. The smallest absolute Gasteiger partial charge is 0.286 e. The van der Waals surface area contributed by atoms with Crippen LogP contribution in [-0.4, -0.2) is 30.3 Å². The molecule has 2 aromatic rings. The van der Waals surface area contributed by atoms with Crippen molar-refractivity contribution in [3.8, 4) is 0 Å². The van der Waals surface area contributed by atoms with Crippen molar-refractivity contribution in [2.75, 3.05) is 13.6 Å². The Morgan fingerprint density at radius 3 is 2.74 bits per heavy atom. The zero-order chi connectivity index (χ0) is 16.8. The average Bonchev–Trinajstić information content (AvgIpc) is 3.07. The average molecular weight is 335 g/mol. The predicted octanol–water partition coefficient (Wildman–Crippen LogP) is 3.27. The van der Waals surface area contributed by atoms with Gasteiger partial charge in [-0.1, -0.05) is 23.7 Å². The van der Waals surface area contributed by atoms with Gasteiger partial charge in [0.05, 0.1) is 12.3 Å². The van der Waals surface area contributed by atoms with Crippen LogP contribution in [0.5, 0.6) is 0 Å². The Morgan fingerprint density at radius 1 is 1.30 bits per heavy atom. The Hall–Kier alpha value is -2.27. The second-order valence-electron chi connectivity index (χ2n) is 5.22. The van der Waals surface area contributed by atoms with Gasteiger partial charge in [-0.2, -0.15) is 0 Å². The Balaban J connectivity index is 1.84. The third-order valence-corrected chi connectivity index (χ3v) is 3.91. The SMILES string of the molecule is CC(c1cccc(Cl)c1)N(C)C(=O)CCNC(=O)c1ccco1. The molecule has 0 aliphatic carbocycles. The molecule has 122 valence electrons. The van der Waals surface area contributed by atoms with E-state index in [9.17, 15) is 9.59 Å². The van der Waals surface area contributed by atoms with Crippen molar-refractivity contribution in [3.63, 3.8) is 0 Å². The lowest BCUT2D eigenvalue weighted by Crippen LogP contribution is -2.33. The number of benzene rings is 1. The summed E-state index contributed by atoms with van der Waals surface area (Å²) in [5.41, 5.74) is 0.966. The van der Waals surface area contributed by atoms with Crippen LogP contribution in [0.3, 0.4) is 0 Å². The summed E-state index contributed by atoms with van der Waals surface area (Å²) in [5.74, 6) is -0.149. The van der Waals surface area contributed by atoms with Gasteiger partial charge in [-0.15, -0.1) is 0 Å². The number of carbonyl (C=O) groups is 2. The molecular weight excluding hydrogens is 316 g/mol. The third kappa shape index (κ3) is 4.60. The van der Waals surface area contributed by atoms with Gasteiger partial charge in [-0.3, -0.25) is 9.59 Å². The molecular formula is C17H19ClN2O3. The number of nitrogens with one attached hydrogen (secondary N) is 1. The van der Waals surface area contributed by atoms with E-state index in [1.165, 1.54) is 6.26 Å². The minimum absolute atomic E-state index is 0.0581. The summed E-state index contributed by atoms with van der Waals surface area (Å²) in [6, 6.07) is 10.5. The van der Waals surface area contributed by atoms with E-state index >= 15 is 0 Å². The van der Waals surface area contributed by atoms with Crippen LogP contribution in [0.4, 0.5) is 0 Å². The Kier molecular flexibility index (Phi) is 5.82. The minimum atomic E-state index is -0.326. The third-order valence-electron chi connectivity index (χ3n) is 3.67. The largest absolute Gasteiger partial charge is 0.459 e. The number of halogens is 1. The molecule has 0 aliphatic heterocycles. The first-order chi connectivity index (χ1) is 11.0. The van der Waals surface area contributed by atoms with Gasteiger partial charge in [0.15, 0.2) is 5.76 Å². The van der Waals surface area contributed by atoms with Gasteiger partial charge < -0.3 is 14.6 Å². The molecule has 0 spiro atoms. The standard InChI is InChI=1S/C17H19ClN2O3/c1-12(13-5-3-6-14(18)11-13)20(2)16(21)8-9-19-17(22)15-7-4-10-23-15/h3-7,10-12H,8-9H2,1-2H3,(H,19,22). The molecule has 5 nitrogen and oxygen atoms in total. The van der Waals surface area contributed by atoms with Crippen LogP contribution in [0.2, 0.25) is 5.02 Å². The normalized spacial score (nSPS) is 11.8. The molecule has 1 N–H and O–H groups in total. The van der Waals surface area contributed by atoms with Crippen molar-refractivity contribution in [3.05, 3.63) is 59.0 Å². The van der Waals surface area contributed by atoms with Crippen LogP contribution >= 0.6 is 11.6 Å². The summed E-state index contributed by atoms with van der Waals surface area (Å²) in [6.07, 6.45) is 1.65. The van der Waals surface area contributed by atoms with Crippen LogP contribution in [0, 0.1) is 0 Å². The summed E-state index contributed by atoms with van der Waals surface area (Å²) < 4.78 is 4.99. The zero-order valence-corrected chi connectivity index (χ0v) is 13.8. The molecule has 23 heavy (non-hydrogen) atoms.